The molecule has 6 rings (SSSR count). The molecule has 204 valence electrons. The molecule has 1 saturated heterocycles. The lowest BCUT2D eigenvalue weighted by Gasteiger charge is -2.27. The van der Waals surface area contributed by atoms with Gasteiger partial charge in [-0.1, -0.05) is 37.1 Å². The van der Waals surface area contributed by atoms with Crippen LogP contribution in [0.3, 0.4) is 0 Å². The SMILES string of the molecule is CC1C=C(C#Cc2ccnc(Nc3cccnc3)c2)N2C=C(c3ccc(C(=O)N4CCNCC4)cc3)C=CC2=CC1. The van der Waals surface area contributed by atoms with Crippen molar-refractivity contribution < 1.29 is 4.79 Å². The van der Waals surface area contributed by atoms with E-state index in [2.05, 4.69) is 74.8 Å². The predicted molar refractivity (Wildman–Crippen MR) is 163 cm³/mol. The summed E-state index contributed by atoms with van der Waals surface area (Å²) in [5.74, 6) is 7.94. The van der Waals surface area contributed by atoms with Crippen molar-refractivity contribution in [3.05, 3.63) is 126 Å². The van der Waals surface area contributed by atoms with Gasteiger partial charge >= 0.3 is 0 Å². The molecule has 1 unspecified atom stereocenters. The summed E-state index contributed by atoms with van der Waals surface area (Å²) in [5, 5.41) is 6.57. The number of piperazine rings is 1. The van der Waals surface area contributed by atoms with Crippen molar-refractivity contribution in [1.82, 2.24) is 25.1 Å². The van der Waals surface area contributed by atoms with E-state index in [1.807, 2.05) is 53.4 Å². The molecule has 1 fully saturated rings. The number of carbonyl (C=O) groups excluding carboxylic acids is 1. The summed E-state index contributed by atoms with van der Waals surface area (Å²) >= 11 is 0. The Morgan fingerprint density at radius 3 is 2.71 bits per heavy atom. The summed E-state index contributed by atoms with van der Waals surface area (Å²) in [5.41, 5.74) is 6.64. The molecule has 1 aromatic carbocycles. The molecule has 2 aromatic heterocycles. The number of amides is 1. The average molecular weight is 541 g/mol. The fraction of sp³-hybridized carbons (Fsp3) is 0.206. The zero-order valence-electron chi connectivity index (χ0n) is 23.0. The standard InChI is InChI=1S/C34H32N6O/c1-25-4-11-31-13-10-29(27-6-8-28(9-7-27)34(41)39-19-17-35-18-20-39)24-40(31)32(21-25)12-5-26-14-16-37-33(22-26)38-30-3-2-15-36-23-30/h2-3,6-11,13-16,21-25,35H,4,17-20H2,1H3,(H,37,38). The van der Waals surface area contributed by atoms with E-state index >= 15 is 0 Å². The van der Waals surface area contributed by atoms with Gasteiger partial charge in [-0.25, -0.2) is 4.98 Å². The Hall–Kier alpha value is -4.93. The van der Waals surface area contributed by atoms with E-state index in [-0.39, 0.29) is 5.91 Å². The van der Waals surface area contributed by atoms with Gasteiger partial charge < -0.3 is 20.4 Å². The third-order valence-electron chi connectivity index (χ3n) is 7.28. The van der Waals surface area contributed by atoms with Crippen LogP contribution in [-0.2, 0) is 0 Å². The molecule has 3 aromatic rings. The molecular weight excluding hydrogens is 508 g/mol. The largest absolute Gasteiger partial charge is 0.339 e. The summed E-state index contributed by atoms with van der Waals surface area (Å²) in [6.45, 7) is 5.39. The Labute approximate surface area is 241 Å². The molecule has 5 heterocycles. The van der Waals surface area contributed by atoms with Gasteiger partial charge in [0.25, 0.3) is 5.91 Å². The minimum absolute atomic E-state index is 0.0911. The molecule has 0 aliphatic carbocycles. The van der Waals surface area contributed by atoms with E-state index in [1.54, 1.807) is 18.6 Å². The third kappa shape index (κ3) is 6.29. The Balaban J connectivity index is 1.23. The molecule has 2 N–H and O–H groups in total. The second-order valence-corrected chi connectivity index (χ2v) is 10.3. The van der Waals surface area contributed by atoms with Crippen LogP contribution in [0.4, 0.5) is 11.5 Å². The van der Waals surface area contributed by atoms with Crippen LogP contribution in [0.1, 0.15) is 34.8 Å². The molecule has 1 atom stereocenters. The molecule has 1 amide bonds. The monoisotopic (exact) mass is 540 g/mol. The number of hydrogen-bond donors (Lipinski definition) is 2. The smallest absolute Gasteiger partial charge is 0.253 e. The summed E-state index contributed by atoms with van der Waals surface area (Å²) in [7, 11) is 0. The highest BCUT2D eigenvalue weighted by Crippen LogP contribution is 2.31. The zero-order chi connectivity index (χ0) is 28.0. The number of aromatic nitrogens is 2. The number of nitrogens with one attached hydrogen (secondary N) is 2. The fourth-order valence-electron chi connectivity index (χ4n) is 5.04. The molecule has 3 aliphatic heterocycles. The molecule has 0 bridgehead atoms. The van der Waals surface area contributed by atoms with E-state index in [0.717, 1.165) is 77.8 Å². The number of benzene rings is 1. The van der Waals surface area contributed by atoms with E-state index in [4.69, 9.17) is 0 Å². The predicted octanol–water partition coefficient (Wildman–Crippen LogP) is 5.34. The second kappa shape index (κ2) is 12.1. The lowest BCUT2D eigenvalue weighted by atomic mass is 10.0. The number of anilines is 2. The van der Waals surface area contributed by atoms with Crippen molar-refractivity contribution in [3.8, 4) is 11.8 Å². The molecular formula is C34H32N6O. The summed E-state index contributed by atoms with van der Waals surface area (Å²) in [4.78, 5) is 25.6. The first kappa shape index (κ1) is 26.3. The van der Waals surface area contributed by atoms with Gasteiger partial charge in [-0.3, -0.25) is 9.78 Å². The van der Waals surface area contributed by atoms with E-state index < -0.39 is 0 Å². The first-order chi connectivity index (χ1) is 20.1. The Bertz CT molecular complexity index is 1600. The van der Waals surface area contributed by atoms with Gasteiger partial charge in [0.2, 0.25) is 0 Å². The van der Waals surface area contributed by atoms with Gasteiger partial charge in [-0.15, -0.1) is 0 Å². The van der Waals surface area contributed by atoms with Crippen molar-refractivity contribution in [2.24, 2.45) is 5.92 Å². The van der Waals surface area contributed by atoms with E-state index in [1.165, 1.54) is 0 Å². The minimum Gasteiger partial charge on any atom is -0.339 e. The van der Waals surface area contributed by atoms with Crippen LogP contribution in [0.25, 0.3) is 5.57 Å². The fourth-order valence-corrected chi connectivity index (χ4v) is 5.04. The Kier molecular flexibility index (Phi) is 7.74. The number of pyridine rings is 2. The lowest BCUT2D eigenvalue weighted by Crippen LogP contribution is -2.46. The number of hydrogen-bond acceptors (Lipinski definition) is 6. The Morgan fingerprint density at radius 1 is 1.05 bits per heavy atom. The topological polar surface area (TPSA) is 73.4 Å². The Morgan fingerprint density at radius 2 is 1.90 bits per heavy atom. The normalized spacial score (nSPS) is 18.2. The summed E-state index contributed by atoms with van der Waals surface area (Å²) in [6, 6.07) is 15.6. The van der Waals surface area contributed by atoms with Gasteiger partial charge in [0.15, 0.2) is 0 Å². The first-order valence-electron chi connectivity index (χ1n) is 14.0. The zero-order valence-corrected chi connectivity index (χ0v) is 23.0. The highest BCUT2D eigenvalue weighted by atomic mass is 16.2. The van der Waals surface area contributed by atoms with E-state index in [9.17, 15) is 4.79 Å². The number of allylic oxidation sites excluding steroid dienone is 6. The number of nitrogens with zero attached hydrogens (tertiary/aromatic N) is 4. The number of carbonyl (C=O) groups is 1. The van der Waals surface area contributed by atoms with Crippen molar-refractivity contribution in [2.75, 3.05) is 31.5 Å². The molecule has 41 heavy (non-hydrogen) atoms. The van der Waals surface area contributed by atoms with Gasteiger partial charge in [0.1, 0.15) is 5.82 Å². The quantitative estimate of drug-likeness (QED) is 0.436. The van der Waals surface area contributed by atoms with Gasteiger partial charge in [-0.05, 0) is 77.9 Å². The van der Waals surface area contributed by atoms with Crippen LogP contribution < -0.4 is 10.6 Å². The van der Waals surface area contributed by atoms with Gasteiger partial charge in [-0.2, -0.15) is 0 Å². The lowest BCUT2D eigenvalue weighted by molar-refractivity contribution is 0.0736. The van der Waals surface area contributed by atoms with Crippen molar-refractivity contribution in [2.45, 2.75) is 13.3 Å². The number of fused-ring (bicyclic) bond motifs is 1. The van der Waals surface area contributed by atoms with Crippen molar-refractivity contribution in [3.63, 3.8) is 0 Å². The van der Waals surface area contributed by atoms with Gasteiger partial charge in [0.05, 0.1) is 17.6 Å². The van der Waals surface area contributed by atoms with Gasteiger partial charge in [0, 0.05) is 61.6 Å². The molecule has 0 saturated carbocycles. The summed E-state index contributed by atoms with van der Waals surface area (Å²) < 4.78 is 0. The molecule has 0 spiro atoms. The molecule has 7 heteroatoms. The average Bonchev–Trinajstić information content (AvgIpc) is 3.18. The van der Waals surface area contributed by atoms with Crippen molar-refractivity contribution >= 4 is 23.0 Å². The number of rotatable bonds is 4. The third-order valence-corrected chi connectivity index (χ3v) is 7.28. The van der Waals surface area contributed by atoms with Crippen molar-refractivity contribution in [1.29, 1.82) is 0 Å². The molecule has 7 nitrogen and oxygen atoms in total. The molecule has 0 radical (unpaired) electrons. The second-order valence-electron chi connectivity index (χ2n) is 10.3. The van der Waals surface area contributed by atoms with Crippen LogP contribution in [0.15, 0.2) is 109 Å². The van der Waals surface area contributed by atoms with E-state index in [0.29, 0.717) is 5.92 Å². The summed E-state index contributed by atoms with van der Waals surface area (Å²) in [6.07, 6.45) is 17.1. The van der Waals surface area contributed by atoms with Crippen LogP contribution in [-0.4, -0.2) is 51.9 Å². The highest BCUT2D eigenvalue weighted by Gasteiger charge is 2.20. The highest BCUT2D eigenvalue weighted by molar-refractivity contribution is 5.95. The van der Waals surface area contributed by atoms with Crippen LogP contribution in [0.2, 0.25) is 0 Å². The maximum Gasteiger partial charge on any atom is 0.253 e. The van der Waals surface area contributed by atoms with Crippen LogP contribution in [0, 0.1) is 17.8 Å². The maximum atomic E-state index is 12.9. The van der Waals surface area contributed by atoms with Crippen LogP contribution >= 0.6 is 0 Å². The van der Waals surface area contributed by atoms with Crippen LogP contribution in [0.5, 0.6) is 0 Å². The first-order valence-corrected chi connectivity index (χ1v) is 14.0. The maximum absolute atomic E-state index is 12.9. The molecule has 3 aliphatic rings. The minimum atomic E-state index is 0.0911.